The summed E-state index contributed by atoms with van der Waals surface area (Å²) in [7, 11) is 0. The molecule has 4 heteroatoms. The fourth-order valence-electron chi connectivity index (χ4n) is 1.95. The van der Waals surface area contributed by atoms with Crippen molar-refractivity contribution in [2.75, 3.05) is 6.61 Å². The molecule has 0 saturated heterocycles. The highest BCUT2D eigenvalue weighted by molar-refractivity contribution is 5.77. The van der Waals surface area contributed by atoms with E-state index in [0.29, 0.717) is 5.75 Å². The minimum absolute atomic E-state index is 0.0256. The first kappa shape index (κ1) is 15.5. The molecule has 3 N–H and O–H groups in total. The van der Waals surface area contributed by atoms with Gasteiger partial charge < -0.3 is 15.8 Å². The number of carbonyl (C=O) groups is 1. The van der Waals surface area contributed by atoms with Crippen molar-refractivity contribution in [2.45, 2.75) is 45.7 Å². The van der Waals surface area contributed by atoms with Crippen LogP contribution >= 0.6 is 0 Å². The summed E-state index contributed by atoms with van der Waals surface area (Å²) in [5.41, 5.74) is 6.77. The molecule has 106 valence electrons. The van der Waals surface area contributed by atoms with E-state index in [1.165, 1.54) is 0 Å². The second kappa shape index (κ2) is 7.79. The first-order valence-corrected chi connectivity index (χ1v) is 6.81. The van der Waals surface area contributed by atoms with Gasteiger partial charge in [-0.2, -0.15) is 0 Å². The molecule has 4 nitrogen and oxygen atoms in total. The van der Waals surface area contributed by atoms with E-state index in [0.717, 1.165) is 18.4 Å². The van der Waals surface area contributed by atoms with Gasteiger partial charge in [0.1, 0.15) is 5.75 Å². The molecule has 1 aromatic rings. The average Bonchev–Trinajstić information content (AvgIpc) is 2.36. The molecule has 1 aromatic carbocycles. The van der Waals surface area contributed by atoms with E-state index in [4.69, 9.17) is 10.5 Å². The molecule has 0 aliphatic rings. The van der Waals surface area contributed by atoms with Crippen molar-refractivity contribution in [2.24, 2.45) is 5.73 Å². The minimum atomic E-state index is -0.113. The van der Waals surface area contributed by atoms with Gasteiger partial charge in [-0.05, 0) is 26.3 Å². The van der Waals surface area contributed by atoms with Crippen molar-refractivity contribution < 1.29 is 9.53 Å². The maximum Gasteiger partial charge on any atom is 0.258 e. The van der Waals surface area contributed by atoms with Crippen LogP contribution in [-0.4, -0.2) is 18.6 Å². The van der Waals surface area contributed by atoms with Gasteiger partial charge in [0, 0.05) is 17.6 Å². The van der Waals surface area contributed by atoms with E-state index in [1.54, 1.807) is 0 Å². The van der Waals surface area contributed by atoms with Crippen molar-refractivity contribution in [1.82, 2.24) is 5.32 Å². The highest BCUT2D eigenvalue weighted by Gasteiger charge is 2.10. The summed E-state index contributed by atoms with van der Waals surface area (Å²) >= 11 is 0. The fourth-order valence-corrected chi connectivity index (χ4v) is 1.95. The summed E-state index contributed by atoms with van der Waals surface area (Å²) in [6, 6.07) is 7.61. The minimum Gasteiger partial charge on any atom is -0.483 e. The summed E-state index contributed by atoms with van der Waals surface area (Å²) in [6.45, 7) is 6.01. The van der Waals surface area contributed by atoms with Crippen LogP contribution in [0.3, 0.4) is 0 Å². The number of hydrogen-bond acceptors (Lipinski definition) is 3. The second-order valence-corrected chi connectivity index (χ2v) is 4.87. The number of amides is 1. The quantitative estimate of drug-likeness (QED) is 0.794. The van der Waals surface area contributed by atoms with Crippen molar-refractivity contribution >= 4 is 5.91 Å². The molecule has 0 aliphatic carbocycles. The lowest BCUT2D eigenvalue weighted by Gasteiger charge is -2.15. The zero-order valence-corrected chi connectivity index (χ0v) is 12.0. The Morgan fingerprint density at radius 1 is 1.37 bits per heavy atom. The lowest BCUT2D eigenvalue weighted by Crippen LogP contribution is -2.36. The molecule has 1 amide bonds. The molecule has 0 bridgehead atoms. The Bertz CT molecular complexity index is 405. The number of nitrogens with one attached hydrogen (secondary N) is 1. The topological polar surface area (TPSA) is 64.3 Å². The lowest BCUT2D eigenvalue weighted by molar-refractivity contribution is -0.123. The summed E-state index contributed by atoms with van der Waals surface area (Å²) < 4.78 is 5.55. The molecular formula is C15H24N2O2. The van der Waals surface area contributed by atoms with Gasteiger partial charge in [0.15, 0.2) is 6.61 Å². The first-order valence-electron chi connectivity index (χ1n) is 6.81. The smallest absolute Gasteiger partial charge is 0.258 e. The number of benzene rings is 1. The van der Waals surface area contributed by atoms with Crippen molar-refractivity contribution in [3.05, 3.63) is 29.8 Å². The van der Waals surface area contributed by atoms with Gasteiger partial charge in [0.25, 0.3) is 5.91 Å². The van der Waals surface area contributed by atoms with Crippen LogP contribution in [0.25, 0.3) is 0 Å². The van der Waals surface area contributed by atoms with E-state index >= 15 is 0 Å². The highest BCUT2D eigenvalue weighted by Crippen LogP contribution is 2.22. The third kappa shape index (κ3) is 5.30. The van der Waals surface area contributed by atoms with E-state index < -0.39 is 0 Å². The normalized spacial score (nSPS) is 13.7. The zero-order chi connectivity index (χ0) is 14.3. The zero-order valence-electron chi connectivity index (χ0n) is 12.0. The third-order valence-corrected chi connectivity index (χ3v) is 2.90. The molecule has 0 radical (unpaired) electrons. The number of carbonyl (C=O) groups excluding carboxylic acids is 1. The Morgan fingerprint density at radius 3 is 2.68 bits per heavy atom. The van der Waals surface area contributed by atoms with Crippen LogP contribution in [-0.2, 0) is 4.79 Å². The average molecular weight is 264 g/mol. The SMILES string of the molecule is CCCC(C)NC(=O)COc1ccccc1[C@@H](C)N. The Labute approximate surface area is 115 Å². The summed E-state index contributed by atoms with van der Waals surface area (Å²) in [6.07, 6.45) is 2.03. The largest absolute Gasteiger partial charge is 0.483 e. The van der Waals surface area contributed by atoms with Gasteiger partial charge in [-0.25, -0.2) is 0 Å². The number of ether oxygens (including phenoxy) is 1. The molecule has 0 aliphatic heterocycles. The van der Waals surface area contributed by atoms with Crippen LogP contribution in [0.2, 0.25) is 0 Å². The maximum atomic E-state index is 11.7. The molecular weight excluding hydrogens is 240 g/mol. The monoisotopic (exact) mass is 264 g/mol. The lowest BCUT2D eigenvalue weighted by atomic mass is 10.1. The van der Waals surface area contributed by atoms with Crippen LogP contribution in [0.15, 0.2) is 24.3 Å². The van der Waals surface area contributed by atoms with Crippen LogP contribution in [0.4, 0.5) is 0 Å². The maximum absolute atomic E-state index is 11.7. The Balaban J connectivity index is 2.50. The molecule has 2 atom stereocenters. The van der Waals surface area contributed by atoms with Gasteiger partial charge in [-0.15, -0.1) is 0 Å². The van der Waals surface area contributed by atoms with Crippen molar-refractivity contribution in [1.29, 1.82) is 0 Å². The van der Waals surface area contributed by atoms with E-state index in [9.17, 15) is 4.79 Å². The first-order chi connectivity index (χ1) is 9.04. The van der Waals surface area contributed by atoms with Gasteiger partial charge in [-0.3, -0.25) is 4.79 Å². The third-order valence-electron chi connectivity index (χ3n) is 2.90. The van der Waals surface area contributed by atoms with E-state index in [2.05, 4.69) is 12.2 Å². The molecule has 1 unspecified atom stereocenters. The molecule has 0 heterocycles. The molecule has 0 fully saturated rings. The predicted octanol–water partition coefficient (Wildman–Crippen LogP) is 2.39. The number of rotatable bonds is 7. The van der Waals surface area contributed by atoms with Crippen LogP contribution in [0.1, 0.15) is 45.2 Å². The van der Waals surface area contributed by atoms with Gasteiger partial charge in [-0.1, -0.05) is 31.5 Å². The fraction of sp³-hybridized carbons (Fsp3) is 0.533. The van der Waals surface area contributed by atoms with Crippen molar-refractivity contribution in [3.8, 4) is 5.75 Å². The number of para-hydroxylation sites is 1. The summed E-state index contributed by atoms with van der Waals surface area (Å²) in [4.78, 5) is 11.7. The molecule has 0 spiro atoms. The Hall–Kier alpha value is -1.55. The summed E-state index contributed by atoms with van der Waals surface area (Å²) in [5.74, 6) is 0.580. The van der Waals surface area contributed by atoms with E-state index in [-0.39, 0.29) is 24.6 Å². The van der Waals surface area contributed by atoms with Gasteiger partial charge >= 0.3 is 0 Å². The molecule has 0 saturated carbocycles. The van der Waals surface area contributed by atoms with Crippen molar-refractivity contribution in [3.63, 3.8) is 0 Å². The molecule has 1 rings (SSSR count). The van der Waals surface area contributed by atoms with Gasteiger partial charge in [0.05, 0.1) is 0 Å². The Morgan fingerprint density at radius 2 is 2.05 bits per heavy atom. The predicted molar refractivity (Wildman–Crippen MR) is 77.1 cm³/mol. The number of nitrogens with two attached hydrogens (primary N) is 1. The standard InChI is InChI=1S/C15H24N2O2/c1-4-7-11(2)17-15(18)10-19-14-9-6-5-8-13(14)12(3)16/h5-6,8-9,11-12H,4,7,10,16H2,1-3H3,(H,17,18)/t11?,12-/m1/s1. The summed E-state index contributed by atoms with van der Waals surface area (Å²) in [5, 5.41) is 2.90. The molecule has 19 heavy (non-hydrogen) atoms. The number of hydrogen-bond donors (Lipinski definition) is 2. The van der Waals surface area contributed by atoms with Crippen LogP contribution in [0, 0.1) is 0 Å². The van der Waals surface area contributed by atoms with Crippen LogP contribution in [0.5, 0.6) is 5.75 Å². The molecule has 0 aromatic heterocycles. The van der Waals surface area contributed by atoms with E-state index in [1.807, 2.05) is 38.1 Å². The van der Waals surface area contributed by atoms with Crippen LogP contribution < -0.4 is 15.8 Å². The second-order valence-electron chi connectivity index (χ2n) is 4.87. The highest BCUT2D eigenvalue weighted by atomic mass is 16.5. The Kier molecular flexibility index (Phi) is 6.36. The van der Waals surface area contributed by atoms with Gasteiger partial charge in [0.2, 0.25) is 0 Å².